The van der Waals surface area contributed by atoms with Crippen LogP contribution in [-0.4, -0.2) is 11.8 Å². The minimum atomic E-state index is -0.514. The molecule has 24 heavy (non-hydrogen) atoms. The van der Waals surface area contributed by atoms with Crippen molar-refractivity contribution < 1.29 is 9.59 Å². The summed E-state index contributed by atoms with van der Waals surface area (Å²) in [5, 5.41) is 2.94. The first-order valence-electron chi connectivity index (χ1n) is 7.42. The molecule has 2 aromatic carbocycles. The molecule has 0 aromatic heterocycles. The third-order valence-electron chi connectivity index (χ3n) is 3.77. The van der Waals surface area contributed by atoms with Crippen molar-refractivity contribution in [2.24, 2.45) is 0 Å². The van der Waals surface area contributed by atoms with Gasteiger partial charge in [0.1, 0.15) is 10.7 Å². The van der Waals surface area contributed by atoms with E-state index in [-0.39, 0.29) is 10.7 Å². The number of anilines is 2. The van der Waals surface area contributed by atoms with E-state index in [4.69, 9.17) is 11.6 Å². The number of hydrogen-bond donors (Lipinski definition) is 1. The maximum atomic E-state index is 12.7. The van der Waals surface area contributed by atoms with Gasteiger partial charge in [0.25, 0.3) is 11.8 Å². The van der Waals surface area contributed by atoms with E-state index in [0.29, 0.717) is 5.69 Å². The van der Waals surface area contributed by atoms with Crippen molar-refractivity contribution in [1.29, 1.82) is 0 Å². The molecular formula is C18H14ClIN2O2. The van der Waals surface area contributed by atoms with Crippen LogP contribution in [0.25, 0.3) is 0 Å². The van der Waals surface area contributed by atoms with E-state index >= 15 is 0 Å². The maximum absolute atomic E-state index is 12.7. The molecule has 1 aliphatic rings. The predicted molar refractivity (Wildman–Crippen MR) is 104 cm³/mol. The van der Waals surface area contributed by atoms with Crippen molar-refractivity contribution in [3.05, 3.63) is 68.4 Å². The Kier molecular flexibility index (Phi) is 4.91. The quantitative estimate of drug-likeness (QED) is 0.556. The zero-order valence-corrected chi connectivity index (χ0v) is 15.8. The van der Waals surface area contributed by atoms with Gasteiger partial charge in [0, 0.05) is 9.26 Å². The number of hydrogen-bond acceptors (Lipinski definition) is 3. The van der Waals surface area contributed by atoms with E-state index in [2.05, 4.69) is 27.9 Å². The molecule has 0 unspecified atom stereocenters. The molecule has 4 nitrogen and oxygen atoms in total. The van der Waals surface area contributed by atoms with Crippen molar-refractivity contribution >= 4 is 57.4 Å². The second-order valence-corrected chi connectivity index (χ2v) is 6.87. The van der Waals surface area contributed by atoms with Crippen molar-refractivity contribution in [2.45, 2.75) is 13.3 Å². The lowest BCUT2D eigenvalue weighted by molar-refractivity contribution is -0.120. The molecule has 2 aromatic rings. The fourth-order valence-corrected chi connectivity index (χ4v) is 3.09. The average molecular weight is 453 g/mol. The molecule has 0 saturated heterocycles. The largest absolute Gasteiger partial charge is 0.349 e. The van der Waals surface area contributed by atoms with Crippen LogP contribution >= 0.6 is 34.2 Å². The minimum Gasteiger partial charge on any atom is -0.349 e. The maximum Gasteiger partial charge on any atom is 0.283 e. The third kappa shape index (κ3) is 3.06. The van der Waals surface area contributed by atoms with E-state index in [1.165, 1.54) is 0 Å². The van der Waals surface area contributed by atoms with Crippen LogP contribution < -0.4 is 10.2 Å². The molecule has 0 aliphatic carbocycles. The van der Waals surface area contributed by atoms with Crippen LogP contribution in [-0.2, 0) is 16.0 Å². The number of imide groups is 1. The highest BCUT2D eigenvalue weighted by atomic mass is 127. The van der Waals surface area contributed by atoms with Crippen LogP contribution in [0, 0.1) is 3.57 Å². The van der Waals surface area contributed by atoms with Gasteiger partial charge in [-0.3, -0.25) is 9.59 Å². The number of rotatable bonds is 4. The van der Waals surface area contributed by atoms with Crippen molar-refractivity contribution in [3.63, 3.8) is 0 Å². The molecule has 3 rings (SSSR count). The summed E-state index contributed by atoms with van der Waals surface area (Å²) in [7, 11) is 0. The van der Waals surface area contributed by atoms with Crippen LogP contribution in [0.5, 0.6) is 0 Å². The molecule has 0 saturated carbocycles. The van der Waals surface area contributed by atoms with Gasteiger partial charge < -0.3 is 5.32 Å². The summed E-state index contributed by atoms with van der Waals surface area (Å²) in [5.74, 6) is -0.962. The summed E-state index contributed by atoms with van der Waals surface area (Å²) < 4.78 is 1.02. The van der Waals surface area contributed by atoms with E-state index in [1.54, 1.807) is 12.1 Å². The van der Waals surface area contributed by atoms with Crippen LogP contribution in [0.15, 0.2) is 59.3 Å². The summed E-state index contributed by atoms with van der Waals surface area (Å²) >= 11 is 8.31. The molecule has 0 fully saturated rings. The van der Waals surface area contributed by atoms with Crippen LogP contribution in [0.1, 0.15) is 12.5 Å². The van der Waals surface area contributed by atoms with Gasteiger partial charge in [0.15, 0.2) is 0 Å². The van der Waals surface area contributed by atoms with Crippen LogP contribution in [0.3, 0.4) is 0 Å². The molecule has 6 heteroatoms. The van der Waals surface area contributed by atoms with Gasteiger partial charge in [-0.15, -0.1) is 0 Å². The number of amides is 2. The molecule has 1 N–H and O–H groups in total. The summed E-state index contributed by atoms with van der Waals surface area (Å²) in [6.45, 7) is 2.02. The van der Waals surface area contributed by atoms with Gasteiger partial charge in [-0.25, -0.2) is 4.90 Å². The Balaban J connectivity index is 1.93. The molecule has 1 aliphatic heterocycles. The molecule has 1 heterocycles. The highest BCUT2D eigenvalue weighted by Gasteiger charge is 2.39. The van der Waals surface area contributed by atoms with Crippen molar-refractivity contribution in [3.8, 4) is 0 Å². The van der Waals surface area contributed by atoms with Crippen molar-refractivity contribution in [1.82, 2.24) is 0 Å². The van der Waals surface area contributed by atoms with Crippen LogP contribution in [0.2, 0.25) is 0 Å². The van der Waals surface area contributed by atoms with E-state index in [0.717, 1.165) is 26.1 Å². The normalized spacial score (nSPS) is 14.5. The number of para-hydroxylation sites is 1. The summed E-state index contributed by atoms with van der Waals surface area (Å²) in [5.41, 5.74) is 2.44. The first-order chi connectivity index (χ1) is 11.5. The number of carbonyl (C=O) groups is 2. The standard InChI is InChI=1S/C18H14ClIN2O2/c1-2-11-5-3-4-6-14(11)21-16-15(19)17(23)22(18(16)24)13-9-7-12(20)8-10-13/h3-10,21H,2H2,1H3. The number of nitrogens with zero attached hydrogens (tertiary/aromatic N) is 1. The van der Waals surface area contributed by atoms with Gasteiger partial charge in [-0.1, -0.05) is 36.7 Å². The first-order valence-corrected chi connectivity index (χ1v) is 8.87. The number of carbonyl (C=O) groups excluding carboxylic acids is 2. The summed E-state index contributed by atoms with van der Waals surface area (Å²) in [6.07, 6.45) is 0.803. The topological polar surface area (TPSA) is 49.4 Å². The van der Waals surface area contributed by atoms with E-state index < -0.39 is 11.8 Å². The lowest BCUT2D eigenvalue weighted by Crippen LogP contribution is -2.32. The van der Waals surface area contributed by atoms with Gasteiger partial charge in [-0.2, -0.15) is 0 Å². The second-order valence-electron chi connectivity index (χ2n) is 5.25. The Bertz CT molecular complexity index is 846. The fourth-order valence-electron chi connectivity index (χ4n) is 2.52. The zero-order chi connectivity index (χ0) is 17.3. The Labute approximate surface area is 158 Å². The zero-order valence-electron chi connectivity index (χ0n) is 12.8. The minimum absolute atomic E-state index is 0.0931. The molecule has 0 atom stereocenters. The highest BCUT2D eigenvalue weighted by Crippen LogP contribution is 2.31. The van der Waals surface area contributed by atoms with E-state index in [1.807, 2.05) is 43.3 Å². The third-order valence-corrected chi connectivity index (χ3v) is 4.84. The molecule has 122 valence electrons. The first kappa shape index (κ1) is 17.0. The Morgan fingerprint density at radius 2 is 1.71 bits per heavy atom. The van der Waals surface area contributed by atoms with E-state index in [9.17, 15) is 9.59 Å². The monoisotopic (exact) mass is 452 g/mol. The Hall–Kier alpha value is -1.86. The summed E-state index contributed by atoms with van der Waals surface area (Å²) in [4.78, 5) is 26.2. The second kappa shape index (κ2) is 6.94. The fraction of sp³-hybridized carbons (Fsp3) is 0.111. The number of halogens is 2. The molecule has 0 radical (unpaired) electrons. The van der Waals surface area contributed by atoms with Gasteiger partial charge in [-0.05, 0) is 64.9 Å². The number of benzene rings is 2. The average Bonchev–Trinajstić information content (AvgIpc) is 2.80. The molecule has 0 spiro atoms. The molecule has 2 amide bonds. The Morgan fingerprint density at radius 3 is 2.38 bits per heavy atom. The molecule has 0 bridgehead atoms. The number of aryl methyl sites for hydroxylation is 1. The Morgan fingerprint density at radius 1 is 1.04 bits per heavy atom. The van der Waals surface area contributed by atoms with Crippen LogP contribution in [0.4, 0.5) is 11.4 Å². The summed E-state index contributed by atoms with van der Waals surface area (Å²) in [6, 6.07) is 14.8. The lowest BCUT2D eigenvalue weighted by atomic mass is 10.1. The van der Waals surface area contributed by atoms with Crippen molar-refractivity contribution in [2.75, 3.05) is 10.2 Å². The van der Waals surface area contributed by atoms with Gasteiger partial charge >= 0.3 is 0 Å². The number of nitrogens with one attached hydrogen (secondary N) is 1. The highest BCUT2D eigenvalue weighted by molar-refractivity contribution is 14.1. The molecular weight excluding hydrogens is 439 g/mol. The predicted octanol–water partition coefficient (Wildman–Crippen LogP) is 4.29. The van der Waals surface area contributed by atoms with Gasteiger partial charge in [0.05, 0.1) is 5.69 Å². The van der Waals surface area contributed by atoms with Gasteiger partial charge in [0.2, 0.25) is 0 Å². The smallest absolute Gasteiger partial charge is 0.283 e. The lowest BCUT2D eigenvalue weighted by Gasteiger charge is -2.16. The SMILES string of the molecule is CCc1ccccc1NC1=C(Cl)C(=O)N(c2ccc(I)cc2)C1=O.